The molecule has 15 heavy (non-hydrogen) atoms. The van der Waals surface area contributed by atoms with Gasteiger partial charge in [0.1, 0.15) is 0 Å². The standard InChI is InChI=1S/C7H7Cl.C4H6O3/c1-6-2-4-7(8)5-3-6;1-3(5)7-4(2)6/h2-5H,1H3;1-2H3. The number of hydrogen-bond donors (Lipinski definition) is 0. The van der Waals surface area contributed by atoms with Gasteiger partial charge in [0.2, 0.25) is 0 Å². The second kappa shape index (κ2) is 7.01. The average Bonchev–Trinajstić information content (AvgIpc) is 2.09. The largest absolute Gasteiger partial charge is 0.394 e. The van der Waals surface area contributed by atoms with Gasteiger partial charge < -0.3 is 4.74 Å². The fraction of sp³-hybridized carbons (Fsp3) is 0.273. The monoisotopic (exact) mass is 228 g/mol. The third kappa shape index (κ3) is 8.97. The quantitative estimate of drug-likeness (QED) is 0.507. The molecule has 1 aromatic carbocycles. The number of aryl methyl sites for hydroxylation is 1. The minimum atomic E-state index is -0.562. The van der Waals surface area contributed by atoms with Gasteiger partial charge in [-0.05, 0) is 19.1 Å². The SMILES string of the molecule is CC(=O)OC(C)=O.Cc1ccc(Cl)cc1. The summed E-state index contributed by atoms with van der Waals surface area (Å²) in [6.07, 6.45) is 0. The Bertz CT molecular complexity index is 297. The van der Waals surface area contributed by atoms with Crippen LogP contribution in [-0.4, -0.2) is 11.9 Å². The fourth-order valence-electron chi connectivity index (χ4n) is 0.736. The minimum absolute atomic E-state index is 0.562. The Balaban J connectivity index is 0.000000265. The second-order valence-corrected chi connectivity index (χ2v) is 3.32. The molecule has 0 radical (unpaired) electrons. The van der Waals surface area contributed by atoms with Crippen molar-refractivity contribution >= 4 is 23.5 Å². The molecule has 0 fully saturated rings. The summed E-state index contributed by atoms with van der Waals surface area (Å²) < 4.78 is 3.97. The molecule has 0 amide bonds. The molecular formula is C11H13ClO3. The normalized spacial score (nSPS) is 8.53. The molecule has 0 saturated carbocycles. The highest BCUT2D eigenvalue weighted by atomic mass is 35.5. The van der Waals surface area contributed by atoms with E-state index in [0.717, 1.165) is 5.02 Å². The van der Waals surface area contributed by atoms with Gasteiger partial charge in [0.05, 0.1) is 0 Å². The lowest BCUT2D eigenvalue weighted by Gasteiger charge is -1.88. The molecule has 82 valence electrons. The van der Waals surface area contributed by atoms with Crippen molar-refractivity contribution in [2.75, 3.05) is 0 Å². The number of benzene rings is 1. The summed E-state index contributed by atoms with van der Waals surface area (Å²) in [7, 11) is 0. The lowest BCUT2D eigenvalue weighted by Crippen LogP contribution is -2.03. The van der Waals surface area contributed by atoms with Crippen molar-refractivity contribution < 1.29 is 14.3 Å². The van der Waals surface area contributed by atoms with Crippen LogP contribution in [0.2, 0.25) is 5.02 Å². The fourth-order valence-corrected chi connectivity index (χ4v) is 0.862. The molecule has 3 nitrogen and oxygen atoms in total. The van der Waals surface area contributed by atoms with Gasteiger partial charge >= 0.3 is 11.9 Å². The van der Waals surface area contributed by atoms with Crippen molar-refractivity contribution in [3.63, 3.8) is 0 Å². The molecule has 0 heterocycles. The Morgan fingerprint density at radius 2 is 1.47 bits per heavy atom. The Kier molecular flexibility index (Phi) is 6.38. The molecule has 0 N–H and O–H groups in total. The number of ether oxygens (including phenoxy) is 1. The van der Waals surface area contributed by atoms with E-state index in [1.807, 2.05) is 31.2 Å². The number of esters is 2. The smallest absolute Gasteiger partial charge is 0.310 e. The molecule has 0 aromatic heterocycles. The topological polar surface area (TPSA) is 43.4 Å². The summed E-state index contributed by atoms with van der Waals surface area (Å²) in [5.41, 5.74) is 1.24. The second-order valence-electron chi connectivity index (χ2n) is 2.88. The van der Waals surface area contributed by atoms with Crippen LogP contribution in [0.15, 0.2) is 24.3 Å². The zero-order valence-corrected chi connectivity index (χ0v) is 9.67. The van der Waals surface area contributed by atoms with E-state index in [4.69, 9.17) is 11.6 Å². The number of halogens is 1. The molecule has 0 unspecified atom stereocenters. The number of carbonyl (C=O) groups is 2. The van der Waals surface area contributed by atoms with Crippen LogP contribution in [0.25, 0.3) is 0 Å². The van der Waals surface area contributed by atoms with Crippen LogP contribution in [0.5, 0.6) is 0 Å². The molecule has 0 aliphatic rings. The minimum Gasteiger partial charge on any atom is -0.394 e. The van der Waals surface area contributed by atoms with Crippen LogP contribution in [0.1, 0.15) is 19.4 Å². The van der Waals surface area contributed by atoms with E-state index in [2.05, 4.69) is 4.74 Å². The first-order chi connectivity index (χ1) is 6.91. The van der Waals surface area contributed by atoms with E-state index in [1.165, 1.54) is 19.4 Å². The first kappa shape index (κ1) is 13.7. The molecule has 1 rings (SSSR count). The van der Waals surface area contributed by atoms with Gasteiger partial charge in [0.15, 0.2) is 0 Å². The van der Waals surface area contributed by atoms with Crippen molar-refractivity contribution in [2.24, 2.45) is 0 Å². The molecule has 0 saturated heterocycles. The Labute approximate surface area is 94.0 Å². The Hall–Kier alpha value is -1.35. The highest BCUT2D eigenvalue weighted by Crippen LogP contribution is 2.07. The van der Waals surface area contributed by atoms with Crippen molar-refractivity contribution in [1.29, 1.82) is 0 Å². The first-order valence-electron chi connectivity index (χ1n) is 4.33. The van der Waals surface area contributed by atoms with E-state index in [0.29, 0.717) is 0 Å². The summed E-state index contributed by atoms with van der Waals surface area (Å²) >= 11 is 5.61. The predicted molar refractivity (Wildman–Crippen MR) is 58.6 cm³/mol. The summed E-state index contributed by atoms with van der Waals surface area (Å²) in [6.45, 7) is 4.40. The maximum absolute atomic E-state index is 9.81. The van der Waals surface area contributed by atoms with E-state index in [-0.39, 0.29) is 0 Å². The third-order valence-electron chi connectivity index (χ3n) is 1.30. The van der Waals surface area contributed by atoms with Crippen LogP contribution < -0.4 is 0 Å². The molecule has 0 spiro atoms. The highest BCUT2D eigenvalue weighted by molar-refractivity contribution is 6.30. The molecule has 0 atom stereocenters. The lowest BCUT2D eigenvalue weighted by molar-refractivity contribution is -0.156. The van der Waals surface area contributed by atoms with Crippen molar-refractivity contribution in [3.05, 3.63) is 34.9 Å². The van der Waals surface area contributed by atoms with Crippen LogP contribution in [0.3, 0.4) is 0 Å². The van der Waals surface area contributed by atoms with Gasteiger partial charge in [-0.25, -0.2) is 0 Å². The maximum Gasteiger partial charge on any atom is 0.310 e. The van der Waals surface area contributed by atoms with Gasteiger partial charge in [-0.1, -0.05) is 29.3 Å². The van der Waals surface area contributed by atoms with Gasteiger partial charge in [-0.3, -0.25) is 9.59 Å². The summed E-state index contributed by atoms with van der Waals surface area (Å²) in [5.74, 6) is -1.12. The molecule has 1 aromatic rings. The molecular weight excluding hydrogens is 216 g/mol. The summed E-state index contributed by atoms with van der Waals surface area (Å²) in [6, 6.07) is 7.75. The van der Waals surface area contributed by atoms with E-state index < -0.39 is 11.9 Å². The third-order valence-corrected chi connectivity index (χ3v) is 1.55. The van der Waals surface area contributed by atoms with Crippen LogP contribution in [-0.2, 0) is 14.3 Å². The van der Waals surface area contributed by atoms with Gasteiger partial charge in [0.25, 0.3) is 0 Å². The lowest BCUT2D eigenvalue weighted by atomic mass is 10.2. The Morgan fingerprint density at radius 3 is 1.67 bits per heavy atom. The van der Waals surface area contributed by atoms with Gasteiger partial charge in [-0.15, -0.1) is 0 Å². The van der Waals surface area contributed by atoms with Gasteiger partial charge in [-0.2, -0.15) is 0 Å². The predicted octanol–water partition coefficient (Wildman–Crippen LogP) is 2.74. The van der Waals surface area contributed by atoms with Crippen molar-refractivity contribution in [2.45, 2.75) is 20.8 Å². The first-order valence-corrected chi connectivity index (χ1v) is 4.70. The summed E-state index contributed by atoms with van der Waals surface area (Å²) in [4.78, 5) is 19.6. The highest BCUT2D eigenvalue weighted by Gasteiger charge is 1.93. The van der Waals surface area contributed by atoms with Crippen molar-refractivity contribution in [1.82, 2.24) is 0 Å². The number of rotatable bonds is 0. The number of carbonyl (C=O) groups excluding carboxylic acids is 2. The van der Waals surface area contributed by atoms with Crippen LogP contribution in [0, 0.1) is 6.92 Å². The molecule has 4 heteroatoms. The van der Waals surface area contributed by atoms with Crippen LogP contribution in [0.4, 0.5) is 0 Å². The van der Waals surface area contributed by atoms with Crippen LogP contribution >= 0.6 is 11.6 Å². The molecule has 0 bridgehead atoms. The maximum atomic E-state index is 9.81. The average molecular weight is 229 g/mol. The zero-order valence-electron chi connectivity index (χ0n) is 8.91. The zero-order chi connectivity index (χ0) is 11.8. The van der Waals surface area contributed by atoms with E-state index in [9.17, 15) is 9.59 Å². The number of hydrogen-bond acceptors (Lipinski definition) is 3. The molecule has 0 aliphatic heterocycles. The summed E-state index contributed by atoms with van der Waals surface area (Å²) in [5, 5.41) is 0.801. The van der Waals surface area contributed by atoms with E-state index in [1.54, 1.807) is 0 Å². The van der Waals surface area contributed by atoms with Crippen molar-refractivity contribution in [3.8, 4) is 0 Å². The van der Waals surface area contributed by atoms with E-state index >= 15 is 0 Å². The molecule has 0 aliphatic carbocycles. The Morgan fingerprint density at radius 1 is 1.07 bits per heavy atom. The van der Waals surface area contributed by atoms with Gasteiger partial charge in [0, 0.05) is 18.9 Å².